The molecule has 1 aliphatic heterocycles. The molecule has 3 rings (SSSR count). The first-order chi connectivity index (χ1) is 17.0. The first-order valence-electron chi connectivity index (χ1n) is 12.0. The van der Waals surface area contributed by atoms with Crippen molar-refractivity contribution in [2.24, 2.45) is 5.73 Å². The van der Waals surface area contributed by atoms with Crippen LogP contribution in [0.5, 0.6) is 11.5 Å². The number of para-hydroxylation sites is 1. The van der Waals surface area contributed by atoms with E-state index < -0.39 is 17.6 Å². The molecule has 36 heavy (non-hydrogen) atoms. The Morgan fingerprint density at radius 3 is 2.31 bits per heavy atom. The topological polar surface area (TPSA) is 111 Å². The molecule has 9 heteroatoms. The van der Waals surface area contributed by atoms with Gasteiger partial charge in [0.15, 0.2) is 11.5 Å². The molecule has 1 fully saturated rings. The number of nitrogens with zero attached hydrogens (tertiary/aromatic N) is 2. The monoisotopic (exact) mass is 497 g/mol. The predicted molar refractivity (Wildman–Crippen MR) is 135 cm³/mol. The van der Waals surface area contributed by atoms with Crippen LogP contribution in [0.15, 0.2) is 42.5 Å². The average molecular weight is 498 g/mol. The third kappa shape index (κ3) is 6.68. The SMILES string of the molecule is COc1cccc(C(N)=O)c1OC(C)c1cccc(C(=O)N2CCCN(C(=O)OC(C)(C)C)CC2)c1. The highest BCUT2D eigenvalue weighted by Gasteiger charge is 2.27. The number of carbonyl (C=O) groups excluding carboxylic acids is 3. The standard InChI is InChI=1S/C27H35N3O6/c1-18(35-23-21(24(28)31)11-7-12-22(23)34-5)19-9-6-10-20(17-19)25(32)29-13-8-14-30(16-15-29)26(33)36-27(2,3)4/h6-7,9-12,17-18H,8,13-16H2,1-5H3,(H2,28,31). The van der Waals surface area contributed by atoms with Crippen LogP contribution >= 0.6 is 0 Å². The maximum atomic E-state index is 13.3. The lowest BCUT2D eigenvalue weighted by molar-refractivity contribution is 0.0255. The number of rotatable bonds is 6. The summed E-state index contributed by atoms with van der Waals surface area (Å²) >= 11 is 0. The van der Waals surface area contributed by atoms with Crippen LogP contribution in [0.25, 0.3) is 0 Å². The van der Waals surface area contributed by atoms with E-state index >= 15 is 0 Å². The maximum Gasteiger partial charge on any atom is 0.410 e. The molecule has 1 unspecified atom stereocenters. The molecule has 1 heterocycles. The predicted octanol–water partition coefficient (Wildman–Crippen LogP) is 4.02. The third-order valence-corrected chi connectivity index (χ3v) is 5.80. The molecule has 2 aromatic rings. The Bertz CT molecular complexity index is 1110. The summed E-state index contributed by atoms with van der Waals surface area (Å²) in [6, 6.07) is 12.1. The van der Waals surface area contributed by atoms with E-state index in [-0.39, 0.29) is 23.3 Å². The van der Waals surface area contributed by atoms with E-state index in [4.69, 9.17) is 19.9 Å². The van der Waals surface area contributed by atoms with Crippen molar-refractivity contribution in [3.05, 3.63) is 59.2 Å². The van der Waals surface area contributed by atoms with Gasteiger partial charge in [-0.25, -0.2) is 4.79 Å². The lowest BCUT2D eigenvalue weighted by atomic mass is 10.1. The zero-order valence-electron chi connectivity index (χ0n) is 21.6. The Morgan fingerprint density at radius 2 is 1.64 bits per heavy atom. The summed E-state index contributed by atoms with van der Waals surface area (Å²) in [5, 5.41) is 0. The van der Waals surface area contributed by atoms with Crippen molar-refractivity contribution in [2.45, 2.75) is 45.8 Å². The van der Waals surface area contributed by atoms with Crippen molar-refractivity contribution in [1.29, 1.82) is 0 Å². The number of hydrogen-bond acceptors (Lipinski definition) is 6. The molecule has 194 valence electrons. The molecule has 0 aromatic heterocycles. The molecule has 1 atom stereocenters. The lowest BCUT2D eigenvalue weighted by Gasteiger charge is -2.26. The van der Waals surface area contributed by atoms with Crippen molar-refractivity contribution in [3.8, 4) is 11.5 Å². The fourth-order valence-electron chi connectivity index (χ4n) is 3.97. The molecule has 1 saturated heterocycles. The number of ether oxygens (including phenoxy) is 3. The van der Waals surface area contributed by atoms with Crippen LogP contribution in [-0.4, -0.2) is 66.6 Å². The summed E-state index contributed by atoms with van der Waals surface area (Å²) < 4.78 is 16.9. The van der Waals surface area contributed by atoms with Gasteiger partial charge in [0.25, 0.3) is 11.8 Å². The van der Waals surface area contributed by atoms with Gasteiger partial charge < -0.3 is 29.7 Å². The van der Waals surface area contributed by atoms with Crippen LogP contribution in [0, 0.1) is 0 Å². The van der Waals surface area contributed by atoms with Crippen LogP contribution in [0.4, 0.5) is 4.79 Å². The molecule has 0 radical (unpaired) electrons. The summed E-state index contributed by atoms with van der Waals surface area (Å²) in [7, 11) is 1.49. The van der Waals surface area contributed by atoms with E-state index in [1.165, 1.54) is 7.11 Å². The molecule has 9 nitrogen and oxygen atoms in total. The minimum Gasteiger partial charge on any atom is -0.493 e. The van der Waals surface area contributed by atoms with Gasteiger partial charge in [-0.05, 0) is 63.9 Å². The van der Waals surface area contributed by atoms with Crippen molar-refractivity contribution >= 4 is 17.9 Å². The smallest absolute Gasteiger partial charge is 0.410 e. The molecule has 0 aliphatic carbocycles. The van der Waals surface area contributed by atoms with Gasteiger partial charge in [-0.3, -0.25) is 9.59 Å². The number of carbonyl (C=O) groups is 3. The molecular formula is C27H35N3O6. The van der Waals surface area contributed by atoms with Gasteiger partial charge in [-0.15, -0.1) is 0 Å². The lowest BCUT2D eigenvalue weighted by Crippen LogP contribution is -2.40. The van der Waals surface area contributed by atoms with E-state index in [0.717, 1.165) is 5.56 Å². The summed E-state index contributed by atoms with van der Waals surface area (Å²) in [4.78, 5) is 41.0. The van der Waals surface area contributed by atoms with Crippen molar-refractivity contribution in [3.63, 3.8) is 0 Å². The first kappa shape index (κ1) is 26.8. The number of benzene rings is 2. The van der Waals surface area contributed by atoms with E-state index in [9.17, 15) is 14.4 Å². The molecule has 2 N–H and O–H groups in total. The first-order valence-corrected chi connectivity index (χ1v) is 12.0. The Kier molecular flexibility index (Phi) is 8.45. The van der Waals surface area contributed by atoms with Gasteiger partial charge in [0.1, 0.15) is 11.7 Å². The number of hydrogen-bond donors (Lipinski definition) is 1. The molecule has 3 amide bonds. The van der Waals surface area contributed by atoms with E-state index in [2.05, 4.69) is 0 Å². The van der Waals surface area contributed by atoms with Crippen LogP contribution in [0.3, 0.4) is 0 Å². The third-order valence-electron chi connectivity index (χ3n) is 5.80. The average Bonchev–Trinajstić information content (AvgIpc) is 3.09. The molecule has 0 saturated carbocycles. The summed E-state index contributed by atoms with van der Waals surface area (Å²) in [5.74, 6) is -0.0946. The molecule has 0 bridgehead atoms. The number of nitrogens with two attached hydrogens (primary N) is 1. The summed E-state index contributed by atoms with van der Waals surface area (Å²) in [6.07, 6.45) is -0.191. The van der Waals surface area contributed by atoms with Gasteiger partial charge in [-0.2, -0.15) is 0 Å². The van der Waals surface area contributed by atoms with E-state index in [1.54, 1.807) is 46.2 Å². The normalized spacial score (nSPS) is 15.0. The van der Waals surface area contributed by atoms with Crippen LogP contribution in [-0.2, 0) is 4.74 Å². The second kappa shape index (κ2) is 11.3. The van der Waals surface area contributed by atoms with Crippen molar-refractivity contribution < 1.29 is 28.6 Å². The number of primary amides is 1. The van der Waals surface area contributed by atoms with Crippen LogP contribution in [0.2, 0.25) is 0 Å². The Labute approximate surface area is 212 Å². The molecule has 1 aliphatic rings. The highest BCUT2D eigenvalue weighted by Crippen LogP contribution is 2.34. The highest BCUT2D eigenvalue weighted by atomic mass is 16.6. The fraction of sp³-hybridized carbons (Fsp3) is 0.444. The van der Waals surface area contributed by atoms with Gasteiger partial charge >= 0.3 is 6.09 Å². The Balaban J connectivity index is 1.72. The molecule has 2 aromatic carbocycles. The second-order valence-electron chi connectivity index (χ2n) is 9.70. The van der Waals surface area contributed by atoms with Gasteiger partial charge in [0.2, 0.25) is 0 Å². The Morgan fingerprint density at radius 1 is 0.972 bits per heavy atom. The number of amides is 3. The highest BCUT2D eigenvalue weighted by molar-refractivity contribution is 5.96. The minimum absolute atomic E-state index is 0.120. The van der Waals surface area contributed by atoms with Gasteiger partial charge in [-0.1, -0.05) is 18.2 Å². The van der Waals surface area contributed by atoms with Crippen LogP contribution < -0.4 is 15.2 Å². The van der Waals surface area contributed by atoms with E-state index in [0.29, 0.717) is 43.9 Å². The summed E-state index contributed by atoms with van der Waals surface area (Å²) in [6.45, 7) is 9.21. The zero-order chi connectivity index (χ0) is 26.5. The van der Waals surface area contributed by atoms with Crippen LogP contribution in [0.1, 0.15) is 66.5 Å². The van der Waals surface area contributed by atoms with E-state index in [1.807, 2.05) is 33.8 Å². The second-order valence-corrected chi connectivity index (χ2v) is 9.70. The van der Waals surface area contributed by atoms with Crippen molar-refractivity contribution in [2.75, 3.05) is 33.3 Å². The van der Waals surface area contributed by atoms with Gasteiger partial charge in [0.05, 0.1) is 12.7 Å². The molecule has 0 spiro atoms. The zero-order valence-corrected chi connectivity index (χ0v) is 21.6. The quantitative estimate of drug-likeness (QED) is 0.645. The largest absolute Gasteiger partial charge is 0.493 e. The fourth-order valence-corrected chi connectivity index (χ4v) is 3.97. The summed E-state index contributed by atoms with van der Waals surface area (Å²) in [5.41, 5.74) is 6.43. The number of methoxy groups -OCH3 is 1. The van der Waals surface area contributed by atoms with Gasteiger partial charge in [0, 0.05) is 31.7 Å². The van der Waals surface area contributed by atoms with Crippen molar-refractivity contribution in [1.82, 2.24) is 9.80 Å². The Hall–Kier alpha value is -3.75. The molecular weight excluding hydrogens is 462 g/mol. The maximum absolute atomic E-state index is 13.3. The minimum atomic E-state index is -0.624.